The lowest BCUT2D eigenvalue weighted by atomic mass is 10.0. The largest absolute Gasteiger partial charge is 0.379 e. The minimum atomic E-state index is -0.138. The number of ether oxygens (including phenoxy) is 1. The van der Waals surface area contributed by atoms with Crippen molar-refractivity contribution in [1.82, 2.24) is 15.4 Å². The number of morpholine rings is 1. The van der Waals surface area contributed by atoms with Crippen LogP contribution < -0.4 is 5.43 Å². The second-order valence-electron chi connectivity index (χ2n) is 6.12. The highest BCUT2D eigenvalue weighted by atomic mass is 35.5. The summed E-state index contributed by atoms with van der Waals surface area (Å²) in [4.78, 5) is 17.6. The number of hydrazine groups is 1. The Morgan fingerprint density at radius 2 is 1.81 bits per heavy atom. The first kappa shape index (κ1) is 17.0. The maximum absolute atomic E-state index is 12.9. The molecular formula is C20H18ClN3O2. The van der Waals surface area contributed by atoms with Gasteiger partial charge in [-0.1, -0.05) is 41.9 Å². The zero-order chi connectivity index (χ0) is 17.9. The van der Waals surface area contributed by atoms with E-state index in [0.29, 0.717) is 36.9 Å². The molecule has 0 bridgehead atoms. The van der Waals surface area contributed by atoms with Crippen molar-refractivity contribution in [2.24, 2.45) is 0 Å². The fraction of sp³-hybridized carbons (Fsp3) is 0.200. The van der Waals surface area contributed by atoms with Crippen LogP contribution in [0.25, 0.3) is 22.2 Å². The minimum absolute atomic E-state index is 0.138. The number of para-hydroxylation sites is 1. The van der Waals surface area contributed by atoms with Crippen LogP contribution in [0.5, 0.6) is 0 Å². The van der Waals surface area contributed by atoms with Gasteiger partial charge >= 0.3 is 0 Å². The molecule has 1 aromatic heterocycles. The van der Waals surface area contributed by atoms with Crippen LogP contribution in [-0.2, 0) is 4.74 Å². The van der Waals surface area contributed by atoms with E-state index in [1.807, 2.05) is 59.6 Å². The highest BCUT2D eigenvalue weighted by Gasteiger charge is 2.18. The molecule has 2 aromatic carbocycles. The Hall–Kier alpha value is -2.47. The van der Waals surface area contributed by atoms with Crippen LogP contribution in [-0.4, -0.2) is 42.2 Å². The number of aromatic nitrogens is 1. The SMILES string of the molecule is O=C(NN1CCOCC1)c1cc(-c2ccc(Cl)cc2)nc2ccccc12. The lowest BCUT2D eigenvalue weighted by Crippen LogP contribution is -2.48. The van der Waals surface area contributed by atoms with E-state index in [1.54, 1.807) is 0 Å². The fourth-order valence-corrected chi connectivity index (χ4v) is 3.14. The molecule has 4 rings (SSSR count). The van der Waals surface area contributed by atoms with Gasteiger partial charge in [-0.25, -0.2) is 9.99 Å². The summed E-state index contributed by atoms with van der Waals surface area (Å²) < 4.78 is 5.33. The quantitative estimate of drug-likeness (QED) is 0.769. The molecule has 0 unspecified atom stereocenters. The van der Waals surface area contributed by atoms with Gasteiger partial charge in [0.05, 0.1) is 30.0 Å². The molecule has 0 saturated carbocycles. The molecule has 1 fully saturated rings. The Labute approximate surface area is 156 Å². The maximum atomic E-state index is 12.9. The van der Waals surface area contributed by atoms with E-state index < -0.39 is 0 Å². The summed E-state index contributed by atoms with van der Waals surface area (Å²) in [7, 11) is 0. The third-order valence-corrected chi connectivity index (χ3v) is 4.62. The first-order valence-electron chi connectivity index (χ1n) is 8.50. The Kier molecular flexibility index (Phi) is 4.84. The predicted octanol–water partition coefficient (Wildman–Crippen LogP) is 3.53. The number of hydrogen-bond donors (Lipinski definition) is 1. The molecule has 1 amide bonds. The minimum Gasteiger partial charge on any atom is -0.379 e. The van der Waals surface area contributed by atoms with E-state index in [-0.39, 0.29) is 5.91 Å². The Morgan fingerprint density at radius 3 is 2.58 bits per heavy atom. The molecule has 0 aliphatic carbocycles. The molecule has 132 valence electrons. The van der Waals surface area contributed by atoms with Crippen LogP contribution in [0.3, 0.4) is 0 Å². The average Bonchev–Trinajstić information content (AvgIpc) is 2.68. The van der Waals surface area contributed by atoms with Crippen molar-refractivity contribution in [2.75, 3.05) is 26.3 Å². The number of nitrogens with zero attached hydrogens (tertiary/aromatic N) is 2. The number of carbonyl (C=O) groups is 1. The Bertz CT molecular complexity index is 937. The molecule has 2 heterocycles. The molecule has 3 aromatic rings. The topological polar surface area (TPSA) is 54.5 Å². The third-order valence-electron chi connectivity index (χ3n) is 4.37. The molecule has 1 N–H and O–H groups in total. The van der Waals surface area contributed by atoms with E-state index in [1.165, 1.54) is 0 Å². The predicted molar refractivity (Wildman–Crippen MR) is 102 cm³/mol. The lowest BCUT2D eigenvalue weighted by molar-refractivity contribution is 0.0127. The smallest absolute Gasteiger partial charge is 0.266 e. The molecule has 6 heteroatoms. The summed E-state index contributed by atoms with van der Waals surface area (Å²) >= 11 is 5.98. The number of pyridine rings is 1. The standard InChI is InChI=1S/C20H18ClN3O2/c21-15-7-5-14(6-8-15)19-13-17(16-3-1-2-4-18(16)22-19)20(25)23-24-9-11-26-12-10-24/h1-8,13H,9-12H2,(H,23,25). The Morgan fingerprint density at radius 1 is 1.08 bits per heavy atom. The maximum Gasteiger partial charge on any atom is 0.266 e. The van der Waals surface area contributed by atoms with Crippen molar-refractivity contribution < 1.29 is 9.53 Å². The molecule has 1 saturated heterocycles. The second kappa shape index (κ2) is 7.41. The fourth-order valence-electron chi connectivity index (χ4n) is 3.01. The molecule has 0 atom stereocenters. The van der Waals surface area contributed by atoms with Gasteiger partial charge in [0.15, 0.2) is 0 Å². The molecule has 1 aliphatic rings. The van der Waals surface area contributed by atoms with Gasteiger partial charge in [0.1, 0.15) is 0 Å². The van der Waals surface area contributed by atoms with Gasteiger partial charge in [-0.05, 0) is 24.3 Å². The number of carbonyl (C=O) groups excluding carboxylic acids is 1. The van der Waals surface area contributed by atoms with Gasteiger partial charge < -0.3 is 4.74 Å². The van der Waals surface area contributed by atoms with Crippen molar-refractivity contribution in [2.45, 2.75) is 0 Å². The van der Waals surface area contributed by atoms with Crippen LogP contribution in [0.4, 0.5) is 0 Å². The number of amides is 1. The van der Waals surface area contributed by atoms with Gasteiger partial charge in [-0.15, -0.1) is 0 Å². The van der Waals surface area contributed by atoms with Crippen LogP contribution in [0.2, 0.25) is 5.02 Å². The van der Waals surface area contributed by atoms with Gasteiger partial charge in [-0.2, -0.15) is 0 Å². The number of benzene rings is 2. The van der Waals surface area contributed by atoms with E-state index >= 15 is 0 Å². The molecule has 5 nitrogen and oxygen atoms in total. The highest BCUT2D eigenvalue weighted by Crippen LogP contribution is 2.26. The second-order valence-corrected chi connectivity index (χ2v) is 6.56. The van der Waals surface area contributed by atoms with Crippen molar-refractivity contribution in [1.29, 1.82) is 0 Å². The van der Waals surface area contributed by atoms with E-state index in [9.17, 15) is 4.79 Å². The van der Waals surface area contributed by atoms with Gasteiger partial charge in [-0.3, -0.25) is 10.2 Å². The number of rotatable bonds is 3. The van der Waals surface area contributed by atoms with Crippen molar-refractivity contribution in [3.8, 4) is 11.3 Å². The van der Waals surface area contributed by atoms with Gasteiger partial charge in [0.2, 0.25) is 0 Å². The van der Waals surface area contributed by atoms with E-state index in [2.05, 4.69) is 5.43 Å². The van der Waals surface area contributed by atoms with E-state index in [4.69, 9.17) is 21.3 Å². The summed E-state index contributed by atoms with van der Waals surface area (Å²) in [5.74, 6) is -0.138. The summed E-state index contributed by atoms with van der Waals surface area (Å²) in [6.07, 6.45) is 0. The highest BCUT2D eigenvalue weighted by molar-refractivity contribution is 6.30. The first-order valence-corrected chi connectivity index (χ1v) is 8.88. The molecule has 26 heavy (non-hydrogen) atoms. The van der Waals surface area contributed by atoms with Crippen LogP contribution >= 0.6 is 11.6 Å². The molecule has 1 aliphatic heterocycles. The average molecular weight is 368 g/mol. The van der Waals surface area contributed by atoms with E-state index in [0.717, 1.165) is 22.2 Å². The molecule has 0 spiro atoms. The lowest BCUT2D eigenvalue weighted by Gasteiger charge is -2.27. The van der Waals surface area contributed by atoms with Crippen molar-refractivity contribution in [3.63, 3.8) is 0 Å². The van der Waals surface area contributed by atoms with Crippen molar-refractivity contribution in [3.05, 3.63) is 65.2 Å². The number of halogens is 1. The number of fused-ring (bicyclic) bond motifs is 1. The molecular weight excluding hydrogens is 350 g/mol. The first-order chi connectivity index (χ1) is 12.7. The normalized spacial score (nSPS) is 15.1. The summed E-state index contributed by atoms with van der Waals surface area (Å²) in [5.41, 5.74) is 6.03. The van der Waals surface area contributed by atoms with Crippen LogP contribution in [0.1, 0.15) is 10.4 Å². The summed E-state index contributed by atoms with van der Waals surface area (Å²) in [6.45, 7) is 2.60. The van der Waals surface area contributed by atoms with Crippen LogP contribution in [0.15, 0.2) is 54.6 Å². The number of nitrogens with one attached hydrogen (secondary N) is 1. The van der Waals surface area contributed by atoms with Gasteiger partial charge in [0.25, 0.3) is 5.91 Å². The van der Waals surface area contributed by atoms with Crippen LogP contribution in [0, 0.1) is 0 Å². The zero-order valence-electron chi connectivity index (χ0n) is 14.1. The number of hydrogen-bond acceptors (Lipinski definition) is 4. The summed E-state index contributed by atoms with van der Waals surface area (Å²) in [5, 5.41) is 3.39. The zero-order valence-corrected chi connectivity index (χ0v) is 14.9. The summed E-state index contributed by atoms with van der Waals surface area (Å²) in [6, 6.07) is 17.0. The Balaban J connectivity index is 1.74. The monoisotopic (exact) mass is 367 g/mol. The van der Waals surface area contributed by atoms with Gasteiger partial charge in [0, 0.05) is 29.1 Å². The third kappa shape index (κ3) is 3.55. The van der Waals surface area contributed by atoms with Crippen molar-refractivity contribution >= 4 is 28.4 Å². The molecule has 0 radical (unpaired) electrons.